The zero-order valence-electron chi connectivity index (χ0n) is 48.3. The maximum absolute atomic E-state index is 7.52. The zero-order valence-corrected chi connectivity index (χ0v) is 48.3. The summed E-state index contributed by atoms with van der Waals surface area (Å²) in [7, 11) is 0. The Bertz CT molecular complexity index is 4500. The number of benzene rings is 13. The number of hydrogen-bond donors (Lipinski definition) is 0. The summed E-state index contributed by atoms with van der Waals surface area (Å²) in [6.45, 7) is 9.43. The van der Waals surface area contributed by atoms with Gasteiger partial charge >= 0.3 is 0 Å². The molecule has 2 aliphatic carbocycles. The van der Waals surface area contributed by atoms with Crippen LogP contribution in [-0.4, -0.2) is 6.71 Å². The molecule has 2 heterocycles. The van der Waals surface area contributed by atoms with Gasteiger partial charge in [0.05, 0.1) is 17.1 Å². The molecule has 5 nitrogen and oxygen atoms in total. The number of nitrogens with zero attached hydrogens (tertiary/aromatic N) is 3. The molecule has 0 amide bonds. The number of para-hydroxylation sites is 6. The second-order valence-corrected chi connectivity index (χ2v) is 24.4. The lowest BCUT2D eigenvalue weighted by atomic mass is 9.34. The average Bonchev–Trinajstić information content (AvgIpc) is 1.80. The van der Waals surface area contributed by atoms with Crippen LogP contribution in [0.2, 0.25) is 0 Å². The fourth-order valence-electron chi connectivity index (χ4n) is 14.9. The Balaban J connectivity index is 0.889. The van der Waals surface area contributed by atoms with E-state index in [1.807, 2.05) is 0 Å². The zero-order chi connectivity index (χ0) is 57.4. The van der Waals surface area contributed by atoms with Gasteiger partial charge in [0.1, 0.15) is 23.0 Å². The van der Waals surface area contributed by atoms with Crippen molar-refractivity contribution in [2.45, 2.75) is 38.5 Å². The minimum atomic E-state index is -0.391. The lowest BCUT2D eigenvalue weighted by Gasteiger charge is -2.36. The molecule has 408 valence electrons. The van der Waals surface area contributed by atoms with Crippen LogP contribution in [0, 0.1) is 0 Å². The van der Waals surface area contributed by atoms with Crippen LogP contribution in [0.3, 0.4) is 0 Å². The summed E-state index contributed by atoms with van der Waals surface area (Å²) in [6.07, 6.45) is 0. The molecular weight excluding hydrogens is 1050 g/mol. The van der Waals surface area contributed by atoms with Gasteiger partial charge in [-0.1, -0.05) is 198 Å². The van der Waals surface area contributed by atoms with Crippen molar-refractivity contribution >= 4 is 95.8 Å². The number of fused-ring (bicyclic) bond motifs is 14. The van der Waals surface area contributed by atoms with Crippen LogP contribution in [0.1, 0.15) is 49.9 Å². The van der Waals surface area contributed by atoms with Gasteiger partial charge in [0.25, 0.3) is 6.71 Å². The highest BCUT2D eigenvalue weighted by Gasteiger charge is 2.47. The number of rotatable bonds is 9. The van der Waals surface area contributed by atoms with E-state index in [0.717, 1.165) is 90.6 Å². The van der Waals surface area contributed by atoms with Crippen LogP contribution < -0.4 is 40.6 Å². The van der Waals surface area contributed by atoms with Gasteiger partial charge in [-0.05, 0) is 163 Å². The summed E-state index contributed by atoms with van der Waals surface area (Å²) in [6, 6.07) is 101. The maximum Gasteiger partial charge on any atom is 0.260 e. The SMILES string of the molecule is CC1(C)c2cc3c(cc2-c2c1cc(N(c1ccccc1)c1ccccc1)c1ccccc21)Oc1cc(N(c2ccccc2)c2ccccc2)cc2c1B3c1cc3c(cc1O2)-c1c(cc(N(c2ccccc2)c2ccccc2)c2ccccc12)C3(C)C. The van der Waals surface area contributed by atoms with Crippen molar-refractivity contribution in [2.75, 3.05) is 14.7 Å². The first kappa shape index (κ1) is 50.0. The first-order valence-corrected chi connectivity index (χ1v) is 29.9. The molecule has 6 heteroatoms. The standard InChI is InChI=1S/C80H58BN3O2/c1-79(2)64-47-68-72(45-62(64)76-60-41-25-23-39-58(60)70(49-66(76)79)83(53-31-15-7-16-32-53)54-33-17-8-18-34-54)85-74-43-57(82(51-27-11-5-12-28-51)52-29-13-6-14-30-52)44-75-78(74)81(68)69-48-65-63(46-73(69)86-75)77-61-42-26-24-40-59(61)71(50-67(77)80(65,3)4)84(55-35-19-9-20-36-55)56-37-21-10-22-38-56/h5-50H,1-4H3. The lowest BCUT2D eigenvalue weighted by Crippen LogP contribution is -2.57. The Hall–Kier alpha value is -10.6. The third-order valence-electron chi connectivity index (χ3n) is 18.8. The summed E-state index contributed by atoms with van der Waals surface area (Å²) >= 11 is 0. The van der Waals surface area contributed by atoms with E-state index in [1.165, 1.54) is 66.1 Å². The monoisotopic (exact) mass is 1100 g/mol. The molecule has 2 aliphatic heterocycles. The Morgan fingerprint density at radius 3 is 0.919 bits per heavy atom. The van der Waals surface area contributed by atoms with E-state index >= 15 is 0 Å². The molecule has 86 heavy (non-hydrogen) atoms. The average molecular weight is 1100 g/mol. The summed E-state index contributed by atoms with van der Waals surface area (Å²) in [4.78, 5) is 7.15. The highest BCUT2D eigenvalue weighted by atomic mass is 16.5. The maximum atomic E-state index is 7.52. The summed E-state index contributed by atoms with van der Waals surface area (Å²) in [5.41, 5.74) is 22.4. The van der Waals surface area contributed by atoms with Gasteiger partial charge < -0.3 is 24.2 Å². The third-order valence-corrected chi connectivity index (χ3v) is 18.8. The topological polar surface area (TPSA) is 28.2 Å². The third kappa shape index (κ3) is 7.45. The quantitative estimate of drug-likeness (QED) is 0.134. The Kier molecular flexibility index (Phi) is 11.0. The van der Waals surface area contributed by atoms with Gasteiger partial charge in [0, 0.05) is 73.3 Å². The fourth-order valence-corrected chi connectivity index (χ4v) is 14.9. The molecule has 0 radical (unpaired) electrons. The molecule has 0 bridgehead atoms. The normalized spacial score (nSPS) is 13.9. The van der Waals surface area contributed by atoms with Crippen molar-refractivity contribution in [3.8, 4) is 45.3 Å². The highest BCUT2D eigenvalue weighted by molar-refractivity contribution is 6.98. The molecule has 4 aliphatic rings. The van der Waals surface area contributed by atoms with E-state index in [0.29, 0.717) is 0 Å². The summed E-state index contributed by atoms with van der Waals surface area (Å²) < 4.78 is 15.0. The van der Waals surface area contributed by atoms with Gasteiger partial charge in [-0.15, -0.1) is 0 Å². The van der Waals surface area contributed by atoms with Crippen LogP contribution in [0.15, 0.2) is 279 Å². The largest absolute Gasteiger partial charge is 0.458 e. The second-order valence-electron chi connectivity index (χ2n) is 24.4. The molecule has 17 rings (SSSR count). The fraction of sp³-hybridized carbons (Fsp3) is 0.0750. The summed E-state index contributed by atoms with van der Waals surface area (Å²) in [5.74, 6) is 3.29. The molecule has 0 N–H and O–H groups in total. The first-order chi connectivity index (χ1) is 42.2. The molecule has 13 aromatic rings. The summed E-state index contributed by atoms with van der Waals surface area (Å²) in [5, 5.41) is 4.80. The predicted octanol–water partition coefficient (Wildman–Crippen LogP) is 19.7. The minimum Gasteiger partial charge on any atom is -0.458 e. The molecule has 0 saturated carbocycles. The van der Waals surface area contributed by atoms with E-state index in [9.17, 15) is 0 Å². The Labute approximate surface area is 502 Å². The number of hydrogen-bond acceptors (Lipinski definition) is 5. The molecule has 0 unspecified atom stereocenters. The molecule has 0 aromatic heterocycles. The van der Waals surface area contributed by atoms with Gasteiger partial charge in [0.2, 0.25) is 0 Å². The van der Waals surface area contributed by atoms with Gasteiger partial charge in [0.15, 0.2) is 0 Å². The van der Waals surface area contributed by atoms with Crippen LogP contribution in [0.5, 0.6) is 23.0 Å². The van der Waals surface area contributed by atoms with Gasteiger partial charge in [-0.2, -0.15) is 0 Å². The van der Waals surface area contributed by atoms with Crippen molar-refractivity contribution in [1.29, 1.82) is 0 Å². The molecule has 13 aromatic carbocycles. The van der Waals surface area contributed by atoms with Crippen LogP contribution >= 0.6 is 0 Å². The highest BCUT2D eigenvalue weighted by Crippen LogP contribution is 2.58. The second kappa shape index (κ2) is 19.0. The van der Waals surface area contributed by atoms with Crippen LogP contribution in [0.4, 0.5) is 51.2 Å². The minimum absolute atomic E-state index is 0.212. The van der Waals surface area contributed by atoms with E-state index in [2.05, 4.69) is 321 Å². The predicted molar refractivity (Wildman–Crippen MR) is 358 cm³/mol. The number of anilines is 9. The smallest absolute Gasteiger partial charge is 0.260 e. The molecule has 0 atom stereocenters. The van der Waals surface area contributed by atoms with Crippen molar-refractivity contribution in [1.82, 2.24) is 0 Å². The lowest BCUT2D eigenvalue weighted by molar-refractivity contribution is 0.464. The van der Waals surface area contributed by atoms with Crippen LogP contribution in [0.25, 0.3) is 43.8 Å². The Morgan fingerprint density at radius 2 is 0.581 bits per heavy atom. The van der Waals surface area contributed by atoms with E-state index < -0.39 is 10.8 Å². The van der Waals surface area contributed by atoms with Gasteiger partial charge in [-0.3, -0.25) is 0 Å². The Morgan fingerprint density at radius 1 is 0.279 bits per heavy atom. The van der Waals surface area contributed by atoms with E-state index in [4.69, 9.17) is 9.47 Å². The van der Waals surface area contributed by atoms with Crippen molar-refractivity contribution in [3.63, 3.8) is 0 Å². The van der Waals surface area contributed by atoms with Crippen LogP contribution in [-0.2, 0) is 10.8 Å². The van der Waals surface area contributed by atoms with Crippen molar-refractivity contribution in [3.05, 3.63) is 301 Å². The van der Waals surface area contributed by atoms with E-state index in [-0.39, 0.29) is 6.71 Å². The first-order valence-electron chi connectivity index (χ1n) is 29.9. The van der Waals surface area contributed by atoms with Crippen molar-refractivity contribution < 1.29 is 9.47 Å². The molecule has 0 saturated heterocycles. The van der Waals surface area contributed by atoms with E-state index in [1.54, 1.807) is 0 Å². The van der Waals surface area contributed by atoms with Crippen molar-refractivity contribution in [2.24, 2.45) is 0 Å². The molecule has 0 spiro atoms. The molecule has 0 fully saturated rings. The van der Waals surface area contributed by atoms with Gasteiger partial charge in [-0.25, -0.2) is 0 Å². The molecular formula is C80H58BN3O2. The number of ether oxygens (including phenoxy) is 2.